The summed E-state index contributed by atoms with van der Waals surface area (Å²) >= 11 is 0. The first-order chi connectivity index (χ1) is 13.5. The van der Waals surface area contributed by atoms with Crippen LogP contribution in [0.4, 0.5) is 0 Å². The molecule has 1 N–H and O–H groups in total. The zero-order valence-electron chi connectivity index (χ0n) is 16.8. The summed E-state index contributed by atoms with van der Waals surface area (Å²) in [6.45, 7) is 6.58. The lowest BCUT2D eigenvalue weighted by Gasteiger charge is -2.36. The van der Waals surface area contributed by atoms with Crippen LogP contribution in [0, 0.1) is 5.41 Å². The van der Waals surface area contributed by atoms with Gasteiger partial charge in [0.15, 0.2) is 5.96 Å². The fourth-order valence-corrected chi connectivity index (χ4v) is 4.92. The van der Waals surface area contributed by atoms with Crippen molar-refractivity contribution in [1.82, 2.24) is 19.7 Å². The van der Waals surface area contributed by atoms with E-state index in [0.717, 1.165) is 32.1 Å². The molecule has 1 saturated heterocycles. The van der Waals surface area contributed by atoms with Crippen molar-refractivity contribution in [2.24, 2.45) is 10.4 Å². The Kier molecular flexibility index (Phi) is 6.95. The lowest BCUT2D eigenvalue weighted by Crippen LogP contribution is -2.54. The molecule has 1 aromatic rings. The molecule has 0 atom stereocenters. The Balaban J connectivity index is 1.46. The van der Waals surface area contributed by atoms with Crippen LogP contribution in [0.25, 0.3) is 0 Å². The molecular weight excluding hydrogens is 382 g/mol. The van der Waals surface area contributed by atoms with Crippen LogP contribution in [-0.2, 0) is 20.5 Å². The van der Waals surface area contributed by atoms with E-state index in [2.05, 4.69) is 20.4 Å². The van der Waals surface area contributed by atoms with Crippen molar-refractivity contribution in [1.29, 1.82) is 0 Å². The molecule has 2 aliphatic rings. The summed E-state index contributed by atoms with van der Waals surface area (Å²) < 4.78 is 36.9. The zero-order valence-corrected chi connectivity index (χ0v) is 17.6. The number of rotatable bonds is 9. The van der Waals surface area contributed by atoms with E-state index < -0.39 is 10.0 Å². The second-order valence-corrected chi connectivity index (χ2v) is 9.45. The first kappa shape index (κ1) is 21.1. The molecule has 158 valence electrons. The molecule has 0 bridgehead atoms. The average Bonchev–Trinajstić information content (AvgIpc) is 3.27. The molecule has 2 fully saturated rings. The Bertz CT molecular complexity index is 738. The molecule has 28 heavy (non-hydrogen) atoms. The number of piperazine rings is 1. The van der Waals surface area contributed by atoms with Crippen LogP contribution in [0.1, 0.15) is 31.9 Å². The molecule has 1 aliphatic heterocycles. The van der Waals surface area contributed by atoms with Crippen molar-refractivity contribution >= 4 is 16.0 Å². The van der Waals surface area contributed by atoms with Gasteiger partial charge in [-0.2, -0.15) is 4.31 Å². The normalized spacial score (nSPS) is 20.4. The topological polar surface area (TPSA) is 100 Å². The van der Waals surface area contributed by atoms with Gasteiger partial charge in [0.05, 0.1) is 5.69 Å². The number of aliphatic imine (C=N–C) groups is 1. The zero-order chi connectivity index (χ0) is 20.0. The lowest BCUT2D eigenvalue weighted by atomic mass is 10.0. The standard InChI is InChI=1S/C18H31N5O4S/c1-3-26-13-7-18(5-6-18)15-20-17(19-2)22-8-10-23(11-9-22)28(24,25)14-16-4-12-27-21-16/h4,12H,3,5-11,13-15H2,1-2H3,(H,19,20). The average molecular weight is 414 g/mol. The van der Waals surface area contributed by atoms with E-state index in [1.807, 2.05) is 6.92 Å². The van der Waals surface area contributed by atoms with Gasteiger partial charge in [-0.1, -0.05) is 5.16 Å². The Hall–Kier alpha value is -1.65. The Labute approximate surface area is 167 Å². The van der Waals surface area contributed by atoms with E-state index in [-0.39, 0.29) is 5.75 Å². The van der Waals surface area contributed by atoms with Crippen molar-refractivity contribution in [2.45, 2.75) is 31.9 Å². The molecule has 0 unspecified atom stereocenters. The SMILES string of the molecule is CCOCCC1(CNC(=NC)N2CCN(S(=O)(=O)Cc3ccon3)CC2)CC1. The van der Waals surface area contributed by atoms with Gasteiger partial charge in [-0.25, -0.2) is 8.42 Å². The molecule has 0 amide bonds. The van der Waals surface area contributed by atoms with Crippen molar-refractivity contribution < 1.29 is 17.7 Å². The molecule has 0 spiro atoms. The summed E-state index contributed by atoms with van der Waals surface area (Å²) in [5, 5.41) is 7.19. The van der Waals surface area contributed by atoms with Gasteiger partial charge in [0.1, 0.15) is 12.0 Å². The van der Waals surface area contributed by atoms with Gasteiger partial charge >= 0.3 is 0 Å². The Morgan fingerprint density at radius 3 is 2.68 bits per heavy atom. The van der Waals surface area contributed by atoms with Gasteiger partial charge in [0.2, 0.25) is 10.0 Å². The van der Waals surface area contributed by atoms with E-state index in [1.54, 1.807) is 13.1 Å². The monoisotopic (exact) mass is 413 g/mol. The third-order valence-corrected chi connectivity index (χ3v) is 7.34. The fraction of sp³-hybridized carbons (Fsp3) is 0.778. The molecule has 10 heteroatoms. The van der Waals surface area contributed by atoms with Crippen LogP contribution in [0.3, 0.4) is 0 Å². The number of sulfonamides is 1. The second-order valence-electron chi connectivity index (χ2n) is 7.48. The number of ether oxygens (including phenoxy) is 1. The molecule has 1 aliphatic carbocycles. The number of hydrogen-bond donors (Lipinski definition) is 1. The van der Waals surface area contributed by atoms with Gasteiger partial charge in [0, 0.05) is 59.1 Å². The molecule has 1 aromatic heterocycles. The molecule has 0 radical (unpaired) electrons. The van der Waals surface area contributed by atoms with Crippen molar-refractivity contribution in [3.63, 3.8) is 0 Å². The minimum atomic E-state index is -3.39. The quantitative estimate of drug-likeness (QED) is 0.365. The number of hydrogen-bond acceptors (Lipinski definition) is 6. The maximum Gasteiger partial charge on any atom is 0.220 e. The van der Waals surface area contributed by atoms with E-state index in [1.165, 1.54) is 23.4 Å². The van der Waals surface area contributed by atoms with Crippen molar-refractivity contribution in [3.05, 3.63) is 18.0 Å². The minimum Gasteiger partial charge on any atom is -0.382 e. The summed E-state index contributed by atoms with van der Waals surface area (Å²) in [4.78, 5) is 6.52. The first-order valence-corrected chi connectivity index (χ1v) is 11.5. The smallest absolute Gasteiger partial charge is 0.220 e. The highest BCUT2D eigenvalue weighted by molar-refractivity contribution is 7.88. The van der Waals surface area contributed by atoms with Gasteiger partial charge in [0.25, 0.3) is 0 Å². The third kappa shape index (κ3) is 5.45. The highest BCUT2D eigenvalue weighted by atomic mass is 32.2. The number of nitrogens with zero attached hydrogens (tertiary/aromatic N) is 4. The van der Waals surface area contributed by atoms with Gasteiger partial charge < -0.3 is 19.5 Å². The maximum atomic E-state index is 12.6. The van der Waals surface area contributed by atoms with E-state index in [0.29, 0.717) is 37.3 Å². The number of nitrogens with one attached hydrogen (secondary N) is 1. The molecule has 3 rings (SSSR count). The fourth-order valence-electron chi connectivity index (χ4n) is 3.49. The van der Waals surface area contributed by atoms with Gasteiger partial charge in [-0.3, -0.25) is 4.99 Å². The molecule has 0 aromatic carbocycles. The van der Waals surface area contributed by atoms with Crippen LogP contribution in [0.2, 0.25) is 0 Å². The lowest BCUT2D eigenvalue weighted by molar-refractivity contribution is 0.128. The molecular formula is C18H31N5O4S. The predicted octanol–water partition coefficient (Wildman–Crippen LogP) is 0.904. The van der Waals surface area contributed by atoms with Crippen molar-refractivity contribution in [2.75, 3.05) is 53.0 Å². The van der Waals surface area contributed by atoms with Crippen LogP contribution in [0.15, 0.2) is 21.8 Å². The van der Waals surface area contributed by atoms with Crippen LogP contribution < -0.4 is 5.32 Å². The molecule has 2 heterocycles. The third-order valence-electron chi connectivity index (χ3n) is 5.52. The van der Waals surface area contributed by atoms with Crippen molar-refractivity contribution in [3.8, 4) is 0 Å². The highest BCUT2D eigenvalue weighted by Gasteiger charge is 2.42. The van der Waals surface area contributed by atoms with Crippen LogP contribution in [0.5, 0.6) is 0 Å². The second kappa shape index (κ2) is 9.23. The minimum absolute atomic E-state index is 0.126. The summed E-state index contributed by atoms with van der Waals surface area (Å²) in [5.41, 5.74) is 0.759. The molecule has 1 saturated carbocycles. The largest absolute Gasteiger partial charge is 0.382 e. The first-order valence-electron chi connectivity index (χ1n) is 9.88. The van der Waals surface area contributed by atoms with Gasteiger partial charge in [-0.15, -0.1) is 0 Å². The highest BCUT2D eigenvalue weighted by Crippen LogP contribution is 2.48. The number of aromatic nitrogens is 1. The predicted molar refractivity (Wildman–Crippen MR) is 106 cm³/mol. The Morgan fingerprint density at radius 2 is 2.11 bits per heavy atom. The maximum absolute atomic E-state index is 12.6. The summed E-state index contributed by atoms with van der Waals surface area (Å²) in [5.74, 6) is 0.718. The van der Waals surface area contributed by atoms with Gasteiger partial charge in [-0.05, 0) is 31.6 Å². The van der Waals surface area contributed by atoms with Crippen LogP contribution >= 0.6 is 0 Å². The van der Waals surface area contributed by atoms with E-state index in [4.69, 9.17) is 9.26 Å². The van der Waals surface area contributed by atoms with E-state index >= 15 is 0 Å². The van der Waals surface area contributed by atoms with Crippen LogP contribution in [-0.4, -0.2) is 81.7 Å². The summed E-state index contributed by atoms with van der Waals surface area (Å²) in [6, 6.07) is 1.58. The van der Waals surface area contributed by atoms with E-state index in [9.17, 15) is 8.42 Å². The molecule has 9 nitrogen and oxygen atoms in total. The Morgan fingerprint density at radius 1 is 1.36 bits per heavy atom. The number of guanidine groups is 1. The summed E-state index contributed by atoms with van der Waals surface area (Å²) in [6.07, 6.45) is 4.90. The summed E-state index contributed by atoms with van der Waals surface area (Å²) in [7, 11) is -1.62.